The second-order valence-electron chi connectivity index (χ2n) is 6.05. The van der Waals surface area contributed by atoms with Gasteiger partial charge in [0.25, 0.3) is 0 Å². The Morgan fingerprint density at radius 1 is 1.21 bits per heavy atom. The first-order valence-electron chi connectivity index (χ1n) is 7.62. The summed E-state index contributed by atoms with van der Waals surface area (Å²) in [6.07, 6.45) is 3.40. The lowest BCUT2D eigenvalue weighted by molar-refractivity contribution is -0.134. The average Bonchev–Trinajstić information content (AvgIpc) is 3.25. The van der Waals surface area contributed by atoms with E-state index in [2.05, 4.69) is 10.2 Å². The molecule has 0 aromatic carbocycles. The van der Waals surface area contributed by atoms with E-state index in [1.165, 1.54) is 19.4 Å². The maximum Gasteiger partial charge on any atom is 0.224 e. The van der Waals surface area contributed by atoms with Crippen LogP contribution in [-0.2, 0) is 9.53 Å². The fourth-order valence-electron chi connectivity index (χ4n) is 2.94. The van der Waals surface area contributed by atoms with Gasteiger partial charge in [-0.2, -0.15) is 0 Å². The molecule has 2 saturated heterocycles. The first-order valence-corrected chi connectivity index (χ1v) is 7.62. The Morgan fingerprint density at radius 3 is 2.63 bits per heavy atom. The van der Waals surface area contributed by atoms with Gasteiger partial charge in [0.1, 0.15) is 0 Å². The summed E-state index contributed by atoms with van der Waals surface area (Å²) >= 11 is 0. The number of hydrogen-bond acceptors (Lipinski definition) is 4. The molecule has 3 rings (SSSR count). The fraction of sp³-hybridized carbons (Fsp3) is 0.929. The van der Waals surface area contributed by atoms with Crippen molar-refractivity contribution in [3.05, 3.63) is 0 Å². The fourth-order valence-corrected chi connectivity index (χ4v) is 2.94. The minimum atomic E-state index is 0.214. The Hall–Kier alpha value is -0.650. The normalized spacial score (nSPS) is 29.5. The summed E-state index contributed by atoms with van der Waals surface area (Å²) in [4.78, 5) is 16.8. The van der Waals surface area contributed by atoms with E-state index in [1.807, 2.05) is 4.90 Å². The lowest BCUT2D eigenvalue weighted by Gasteiger charge is -2.35. The molecule has 1 unspecified atom stereocenters. The van der Waals surface area contributed by atoms with Crippen molar-refractivity contribution < 1.29 is 9.53 Å². The number of piperazine rings is 1. The quantitative estimate of drug-likeness (QED) is 0.774. The highest BCUT2D eigenvalue weighted by atomic mass is 16.5. The highest BCUT2D eigenvalue weighted by Gasteiger charge is 2.28. The van der Waals surface area contributed by atoms with E-state index in [4.69, 9.17) is 4.74 Å². The molecule has 0 radical (unpaired) electrons. The summed E-state index contributed by atoms with van der Waals surface area (Å²) < 4.78 is 5.40. The molecule has 108 valence electrons. The summed E-state index contributed by atoms with van der Waals surface area (Å²) in [5.74, 6) is 1.24. The molecule has 3 aliphatic rings. The molecule has 1 atom stereocenters. The number of nitrogens with zero attached hydrogens (tertiary/aromatic N) is 2. The van der Waals surface area contributed by atoms with Crippen LogP contribution in [0.3, 0.4) is 0 Å². The first kappa shape index (κ1) is 13.3. The lowest BCUT2D eigenvalue weighted by atomic mass is 10.1. The van der Waals surface area contributed by atoms with E-state index < -0.39 is 0 Å². The van der Waals surface area contributed by atoms with Gasteiger partial charge in [-0.3, -0.25) is 9.69 Å². The van der Waals surface area contributed by atoms with Crippen LogP contribution in [0.4, 0.5) is 0 Å². The Balaban J connectivity index is 1.38. The molecule has 5 heteroatoms. The molecule has 2 aliphatic heterocycles. The van der Waals surface area contributed by atoms with Crippen LogP contribution in [0.15, 0.2) is 0 Å². The van der Waals surface area contributed by atoms with Gasteiger partial charge in [0, 0.05) is 51.7 Å². The van der Waals surface area contributed by atoms with Gasteiger partial charge in [-0.15, -0.1) is 0 Å². The van der Waals surface area contributed by atoms with Crippen molar-refractivity contribution in [2.45, 2.75) is 25.3 Å². The summed E-state index contributed by atoms with van der Waals surface area (Å²) in [6, 6.07) is 0.214. The summed E-state index contributed by atoms with van der Waals surface area (Å²) in [5.41, 5.74) is 0. The van der Waals surface area contributed by atoms with Gasteiger partial charge >= 0.3 is 0 Å². The Morgan fingerprint density at radius 2 is 2.00 bits per heavy atom. The number of ether oxygens (including phenoxy) is 1. The number of amides is 1. The van der Waals surface area contributed by atoms with Crippen LogP contribution in [0.25, 0.3) is 0 Å². The zero-order chi connectivity index (χ0) is 13.1. The number of carbonyl (C=O) groups excluding carboxylic acids is 1. The van der Waals surface area contributed by atoms with E-state index >= 15 is 0 Å². The molecule has 3 fully saturated rings. The van der Waals surface area contributed by atoms with Gasteiger partial charge < -0.3 is 15.0 Å². The summed E-state index contributed by atoms with van der Waals surface area (Å²) in [5, 5.41) is 3.35. The van der Waals surface area contributed by atoms with E-state index in [0.717, 1.165) is 45.2 Å². The number of nitrogens with one attached hydrogen (secondary N) is 1. The minimum absolute atomic E-state index is 0.214. The van der Waals surface area contributed by atoms with Crippen LogP contribution < -0.4 is 5.32 Å². The molecule has 1 amide bonds. The second kappa shape index (κ2) is 6.20. The van der Waals surface area contributed by atoms with Crippen LogP contribution in [0.1, 0.15) is 19.3 Å². The smallest absolute Gasteiger partial charge is 0.224 e. The largest absolute Gasteiger partial charge is 0.378 e. The zero-order valence-corrected chi connectivity index (χ0v) is 11.6. The number of rotatable bonds is 4. The van der Waals surface area contributed by atoms with Gasteiger partial charge in [0.15, 0.2) is 0 Å². The highest BCUT2D eigenvalue weighted by molar-refractivity contribution is 5.77. The van der Waals surface area contributed by atoms with Gasteiger partial charge in [0.2, 0.25) is 5.91 Å². The molecule has 19 heavy (non-hydrogen) atoms. The predicted octanol–water partition coefficient (Wildman–Crippen LogP) is -0.0809. The summed E-state index contributed by atoms with van der Waals surface area (Å²) in [6.45, 7) is 7.47. The Labute approximate surface area is 115 Å². The molecule has 2 heterocycles. The Bertz CT molecular complexity index is 306. The van der Waals surface area contributed by atoms with E-state index in [-0.39, 0.29) is 11.9 Å². The van der Waals surface area contributed by atoms with Crippen molar-refractivity contribution in [2.24, 2.45) is 5.92 Å². The third-order valence-electron chi connectivity index (χ3n) is 4.36. The number of carbonyl (C=O) groups is 1. The molecule has 5 nitrogen and oxygen atoms in total. The topological polar surface area (TPSA) is 44.8 Å². The summed E-state index contributed by atoms with van der Waals surface area (Å²) in [7, 11) is 0. The maximum absolute atomic E-state index is 12.2. The van der Waals surface area contributed by atoms with Crippen molar-refractivity contribution in [2.75, 3.05) is 52.5 Å². The van der Waals surface area contributed by atoms with Crippen molar-refractivity contribution in [1.29, 1.82) is 0 Å². The third kappa shape index (κ3) is 3.91. The van der Waals surface area contributed by atoms with Gasteiger partial charge in [-0.25, -0.2) is 0 Å². The van der Waals surface area contributed by atoms with Gasteiger partial charge in [-0.1, -0.05) is 0 Å². The third-order valence-corrected chi connectivity index (χ3v) is 4.36. The highest BCUT2D eigenvalue weighted by Crippen LogP contribution is 2.29. The number of hydrogen-bond donors (Lipinski definition) is 1. The van der Waals surface area contributed by atoms with Gasteiger partial charge in [0.05, 0.1) is 13.2 Å². The molecule has 0 aromatic rings. The molecule has 0 aromatic heterocycles. The van der Waals surface area contributed by atoms with Gasteiger partial charge in [-0.05, 0) is 18.8 Å². The van der Waals surface area contributed by atoms with Crippen molar-refractivity contribution >= 4 is 5.91 Å². The molecular formula is C14H25N3O2. The van der Waals surface area contributed by atoms with Crippen LogP contribution in [0, 0.1) is 5.92 Å². The first-order chi connectivity index (χ1) is 9.31. The SMILES string of the molecule is O=C(CC1COCCN1)N1CCN(CC2CC2)CC1. The molecule has 0 spiro atoms. The Kier molecular flexibility index (Phi) is 4.35. The molecular weight excluding hydrogens is 242 g/mol. The number of morpholine rings is 1. The van der Waals surface area contributed by atoms with Crippen LogP contribution in [-0.4, -0.2) is 74.2 Å². The van der Waals surface area contributed by atoms with Crippen LogP contribution in [0.2, 0.25) is 0 Å². The maximum atomic E-state index is 12.2. The monoisotopic (exact) mass is 267 g/mol. The zero-order valence-electron chi connectivity index (χ0n) is 11.6. The van der Waals surface area contributed by atoms with Crippen molar-refractivity contribution in [3.8, 4) is 0 Å². The minimum Gasteiger partial charge on any atom is -0.378 e. The second-order valence-corrected chi connectivity index (χ2v) is 6.05. The van der Waals surface area contributed by atoms with E-state index in [0.29, 0.717) is 13.0 Å². The van der Waals surface area contributed by atoms with E-state index in [9.17, 15) is 4.79 Å². The van der Waals surface area contributed by atoms with Crippen molar-refractivity contribution in [1.82, 2.24) is 15.1 Å². The van der Waals surface area contributed by atoms with Crippen LogP contribution in [0.5, 0.6) is 0 Å². The molecule has 0 bridgehead atoms. The lowest BCUT2D eigenvalue weighted by Crippen LogP contribution is -2.51. The van der Waals surface area contributed by atoms with Crippen molar-refractivity contribution in [3.63, 3.8) is 0 Å². The average molecular weight is 267 g/mol. The standard InChI is InChI=1S/C14H25N3O2/c18-14(9-13-11-19-8-3-15-13)17-6-4-16(5-7-17)10-12-1-2-12/h12-13,15H,1-11H2. The predicted molar refractivity (Wildman–Crippen MR) is 73.0 cm³/mol. The van der Waals surface area contributed by atoms with E-state index in [1.54, 1.807) is 0 Å². The molecule has 1 saturated carbocycles. The van der Waals surface area contributed by atoms with Crippen LogP contribution >= 0.6 is 0 Å². The molecule has 1 aliphatic carbocycles. The molecule has 1 N–H and O–H groups in total.